The van der Waals surface area contributed by atoms with E-state index in [2.05, 4.69) is 5.32 Å². The maximum Gasteiger partial charge on any atom is 0.224 e. The summed E-state index contributed by atoms with van der Waals surface area (Å²) in [4.78, 5) is 26.6. The van der Waals surface area contributed by atoms with Crippen LogP contribution < -0.4 is 5.32 Å². The van der Waals surface area contributed by atoms with Gasteiger partial charge in [-0.1, -0.05) is 0 Å². The zero-order chi connectivity index (χ0) is 18.5. The second-order valence-corrected chi connectivity index (χ2v) is 7.78. The van der Waals surface area contributed by atoms with E-state index in [1.54, 1.807) is 0 Å². The number of alkyl halides is 1. The van der Waals surface area contributed by atoms with Gasteiger partial charge in [0, 0.05) is 50.4 Å². The van der Waals surface area contributed by atoms with Gasteiger partial charge in [-0.3, -0.25) is 14.0 Å². The second-order valence-electron chi connectivity index (χ2n) is 7.78. The summed E-state index contributed by atoms with van der Waals surface area (Å²) >= 11 is 0. The van der Waals surface area contributed by atoms with Crippen molar-refractivity contribution in [3.63, 3.8) is 0 Å². The van der Waals surface area contributed by atoms with Gasteiger partial charge in [-0.15, -0.1) is 0 Å². The highest BCUT2D eigenvalue weighted by Crippen LogP contribution is 2.35. The number of hydrogen-bond acceptors (Lipinski definition) is 2. The molecule has 3 rings (SSSR count). The first-order chi connectivity index (χ1) is 12.6. The molecular weight excluding hydrogens is 333 g/mol. The summed E-state index contributed by atoms with van der Waals surface area (Å²) < 4.78 is 14.8. The van der Waals surface area contributed by atoms with Crippen molar-refractivity contribution in [2.24, 2.45) is 17.8 Å². The lowest BCUT2D eigenvalue weighted by Crippen LogP contribution is -2.49. The van der Waals surface area contributed by atoms with Gasteiger partial charge >= 0.3 is 0 Å². The van der Waals surface area contributed by atoms with Crippen molar-refractivity contribution < 1.29 is 14.0 Å². The van der Waals surface area contributed by atoms with E-state index in [0.717, 1.165) is 45.3 Å². The lowest BCUT2D eigenvalue weighted by Gasteiger charge is -2.38. The molecule has 1 N–H and O–H groups in total. The molecule has 144 valence electrons. The summed E-state index contributed by atoms with van der Waals surface area (Å²) in [7, 11) is 0. The average molecular weight is 363 g/mol. The topological polar surface area (TPSA) is 54.3 Å². The fraction of sp³-hybridized carbons (Fsp3) is 0.700. The third-order valence-electron chi connectivity index (χ3n) is 6.17. The summed E-state index contributed by atoms with van der Waals surface area (Å²) in [5, 5.41) is 3.09. The van der Waals surface area contributed by atoms with Crippen molar-refractivity contribution >= 4 is 11.8 Å². The number of aryl methyl sites for hydroxylation is 1. The fourth-order valence-electron chi connectivity index (χ4n) is 4.10. The first kappa shape index (κ1) is 18.9. The monoisotopic (exact) mass is 363 g/mol. The van der Waals surface area contributed by atoms with Crippen molar-refractivity contribution in [3.8, 4) is 0 Å². The maximum atomic E-state index is 12.8. The molecule has 3 atom stereocenters. The molecule has 1 saturated carbocycles. The Morgan fingerprint density at radius 2 is 1.85 bits per heavy atom. The van der Waals surface area contributed by atoms with Gasteiger partial charge in [0.1, 0.15) is 0 Å². The number of rotatable bonds is 7. The number of likely N-dealkylation sites (tertiary alicyclic amines) is 1. The molecule has 1 aliphatic heterocycles. The normalized spacial score (nSPS) is 24.8. The van der Waals surface area contributed by atoms with Gasteiger partial charge in [0.25, 0.3) is 0 Å². The minimum atomic E-state index is -0.393. The molecule has 1 aliphatic carbocycles. The Hall–Kier alpha value is -1.85. The average Bonchev–Trinajstić information content (AvgIpc) is 3.12. The van der Waals surface area contributed by atoms with Gasteiger partial charge in [0.05, 0.1) is 6.67 Å². The van der Waals surface area contributed by atoms with E-state index in [9.17, 15) is 14.0 Å². The molecule has 2 heterocycles. The predicted molar refractivity (Wildman–Crippen MR) is 98.1 cm³/mol. The van der Waals surface area contributed by atoms with Crippen LogP contribution in [0, 0.1) is 17.8 Å². The van der Waals surface area contributed by atoms with Gasteiger partial charge in [0.15, 0.2) is 0 Å². The first-order valence-electron chi connectivity index (χ1n) is 9.83. The molecule has 2 aliphatic rings. The molecule has 2 amide bonds. The van der Waals surface area contributed by atoms with Gasteiger partial charge in [-0.2, -0.15) is 0 Å². The number of carbonyl (C=O) groups excluding carboxylic acids is 2. The number of carbonyl (C=O) groups is 2. The van der Waals surface area contributed by atoms with Crippen LogP contribution in [0.25, 0.3) is 0 Å². The molecule has 6 heteroatoms. The Bertz CT molecular complexity index is 594. The third-order valence-corrected chi connectivity index (χ3v) is 6.17. The van der Waals surface area contributed by atoms with Crippen LogP contribution in [0.2, 0.25) is 0 Å². The zero-order valence-corrected chi connectivity index (χ0v) is 15.6. The van der Waals surface area contributed by atoms with Crippen molar-refractivity contribution in [2.45, 2.75) is 51.6 Å². The first-order valence-corrected chi connectivity index (χ1v) is 9.83. The maximum absolute atomic E-state index is 12.8. The van der Waals surface area contributed by atoms with Crippen LogP contribution in [-0.2, 0) is 16.1 Å². The van der Waals surface area contributed by atoms with Crippen LogP contribution in [0.4, 0.5) is 4.39 Å². The predicted octanol–water partition coefficient (Wildman–Crippen LogP) is 2.62. The molecular formula is C20H30FN3O2. The van der Waals surface area contributed by atoms with Crippen molar-refractivity contribution in [2.75, 3.05) is 19.8 Å². The number of aromatic nitrogens is 1. The summed E-state index contributed by atoms with van der Waals surface area (Å²) in [6.45, 7) is 3.87. The smallest absolute Gasteiger partial charge is 0.224 e. The summed E-state index contributed by atoms with van der Waals surface area (Å²) in [6, 6.07) is 4.01. The van der Waals surface area contributed by atoms with Crippen LogP contribution in [0.15, 0.2) is 24.5 Å². The van der Waals surface area contributed by atoms with E-state index >= 15 is 0 Å². The Labute approximate surface area is 154 Å². The number of nitrogens with one attached hydrogen (secondary N) is 1. The lowest BCUT2D eigenvalue weighted by molar-refractivity contribution is -0.134. The molecule has 0 spiro atoms. The molecule has 2 fully saturated rings. The SMILES string of the molecule is C[C@@H](NC(=O)[C@@H]1CC[C@H]1CF)C1CCN(C(=O)CCn2cccc2)CC1. The summed E-state index contributed by atoms with van der Waals surface area (Å²) in [5.41, 5.74) is 0. The summed E-state index contributed by atoms with van der Waals surface area (Å²) in [5.74, 6) is 0.377. The van der Waals surface area contributed by atoms with E-state index in [0.29, 0.717) is 12.3 Å². The van der Waals surface area contributed by atoms with E-state index in [4.69, 9.17) is 0 Å². The molecule has 1 aromatic rings. The number of piperidine rings is 1. The van der Waals surface area contributed by atoms with E-state index in [-0.39, 0.29) is 29.7 Å². The van der Waals surface area contributed by atoms with Gasteiger partial charge in [-0.25, -0.2) is 0 Å². The third kappa shape index (κ3) is 4.46. The highest BCUT2D eigenvalue weighted by Gasteiger charge is 2.37. The molecule has 0 aromatic carbocycles. The quantitative estimate of drug-likeness (QED) is 0.810. The number of amides is 2. The Balaban J connectivity index is 1.38. The standard InChI is InChI=1S/C20H30FN3O2/c1-15(22-20(26)18-5-4-17(18)14-21)16-6-12-24(13-7-16)19(25)8-11-23-9-2-3-10-23/h2-3,9-10,15-18H,4-8,11-14H2,1H3,(H,22,26)/t15-,17+,18-/m1/s1. The van der Waals surface area contributed by atoms with Crippen LogP contribution in [0.5, 0.6) is 0 Å². The van der Waals surface area contributed by atoms with Crippen molar-refractivity contribution in [1.82, 2.24) is 14.8 Å². The van der Waals surface area contributed by atoms with Crippen LogP contribution in [-0.4, -0.2) is 47.1 Å². The lowest BCUT2D eigenvalue weighted by atomic mass is 9.73. The fourth-order valence-corrected chi connectivity index (χ4v) is 4.10. The van der Waals surface area contributed by atoms with Crippen LogP contribution in [0.3, 0.4) is 0 Å². The van der Waals surface area contributed by atoms with Gasteiger partial charge < -0.3 is 14.8 Å². The minimum absolute atomic E-state index is 0.0108. The van der Waals surface area contributed by atoms with E-state index < -0.39 is 6.67 Å². The van der Waals surface area contributed by atoms with Crippen molar-refractivity contribution in [3.05, 3.63) is 24.5 Å². The second kappa shape index (κ2) is 8.69. The van der Waals surface area contributed by atoms with Gasteiger partial charge in [0.2, 0.25) is 11.8 Å². The molecule has 5 nitrogen and oxygen atoms in total. The van der Waals surface area contributed by atoms with E-state index in [1.807, 2.05) is 40.9 Å². The molecule has 0 bridgehead atoms. The van der Waals surface area contributed by atoms with Crippen LogP contribution in [0.1, 0.15) is 39.0 Å². The van der Waals surface area contributed by atoms with Gasteiger partial charge in [-0.05, 0) is 56.6 Å². The molecule has 0 radical (unpaired) electrons. The Kier molecular flexibility index (Phi) is 6.33. The Morgan fingerprint density at radius 1 is 1.15 bits per heavy atom. The van der Waals surface area contributed by atoms with E-state index in [1.165, 1.54) is 0 Å². The molecule has 0 unspecified atom stereocenters. The van der Waals surface area contributed by atoms with Crippen molar-refractivity contribution in [1.29, 1.82) is 0 Å². The zero-order valence-electron chi connectivity index (χ0n) is 15.6. The molecule has 1 aromatic heterocycles. The number of halogens is 1. The largest absolute Gasteiger partial charge is 0.354 e. The Morgan fingerprint density at radius 3 is 2.42 bits per heavy atom. The minimum Gasteiger partial charge on any atom is -0.354 e. The summed E-state index contributed by atoms with van der Waals surface area (Å²) in [6.07, 6.45) is 7.92. The van der Waals surface area contributed by atoms with Crippen LogP contribution >= 0.6 is 0 Å². The molecule has 26 heavy (non-hydrogen) atoms. The number of hydrogen-bond donors (Lipinski definition) is 1. The number of nitrogens with zero attached hydrogens (tertiary/aromatic N) is 2. The highest BCUT2D eigenvalue weighted by atomic mass is 19.1. The highest BCUT2D eigenvalue weighted by molar-refractivity contribution is 5.80. The molecule has 1 saturated heterocycles.